The number of anilines is 1. The maximum absolute atomic E-state index is 12.2. The lowest BCUT2D eigenvalue weighted by Crippen LogP contribution is -2.46. The quantitative estimate of drug-likeness (QED) is 0.426. The van der Waals surface area contributed by atoms with Crippen LogP contribution < -0.4 is 16.0 Å². The molecule has 0 aliphatic heterocycles. The predicted molar refractivity (Wildman–Crippen MR) is 123 cm³/mol. The van der Waals surface area contributed by atoms with E-state index in [1.807, 2.05) is 39.0 Å². The number of hydrogen-bond acceptors (Lipinski definition) is 3. The first-order valence-electron chi connectivity index (χ1n) is 10.4. The normalized spacial score (nSPS) is 20.8. The summed E-state index contributed by atoms with van der Waals surface area (Å²) in [4.78, 5) is 16.8. The zero-order valence-corrected chi connectivity index (χ0v) is 19.2. The van der Waals surface area contributed by atoms with E-state index in [4.69, 9.17) is 11.6 Å². The van der Waals surface area contributed by atoms with E-state index in [9.17, 15) is 9.00 Å². The molecule has 0 heterocycles. The molecule has 3 atom stereocenters. The third-order valence-corrected chi connectivity index (χ3v) is 7.03. The fraction of sp³-hybridized carbons (Fsp3) is 0.619. The number of guanidine groups is 1. The molecule has 6 nitrogen and oxygen atoms in total. The van der Waals surface area contributed by atoms with Gasteiger partial charge in [0.1, 0.15) is 0 Å². The van der Waals surface area contributed by atoms with E-state index >= 15 is 0 Å². The molecule has 0 bridgehead atoms. The number of rotatable bonds is 8. The largest absolute Gasteiger partial charge is 0.357 e. The molecule has 1 aromatic carbocycles. The molecule has 0 spiro atoms. The monoisotopic (exact) mass is 440 g/mol. The number of benzene rings is 1. The van der Waals surface area contributed by atoms with Gasteiger partial charge >= 0.3 is 0 Å². The highest BCUT2D eigenvalue weighted by Gasteiger charge is 2.26. The molecule has 3 N–H and O–H groups in total. The Morgan fingerprint density at radius 1 is 1.31 bits per heavy atom. The van der Waals surface area contributed by atoms with Gasteiger partial charge in [-0.25, -0.2) is 0 Å². The van der Waals surface area contributed by atoms with Gasteiger partial charge in [-0.3, -0.25) is 14.0 Å². The van der Waals surface area contributed by atoms with Gasteiger partial charge in [0.15, 0.2) is 5.96 Å². The molecule has 29 heavy (non-hydrogen) atoms. The van der Waals surface area contributed by atoms with Gasteiger partial charge in [0, 0.05) is 40.8 Å². The SMILES string of the molecule is CCNC(=NCCC(=O)Nc1ccc(C)cc1Cl)NC1CCCC(S(=O)CC)C1. The van der Waals surface area contributed by atoms with Crippen LogP contribution in [0, 0.1) is 6.92 Å². The van der Waals surface area contributed by atoms with Crippen molar-refractivity contribution in [2.24, 2.45) is 4.99 Å². The lowest BCUT2D eigenvalue weighted by Gasteiger charge is -2.30. The number of carbonyl (C=O) groups excluding carboxylic acids is 1. The molecule has 1 aromatic rings. The summed E-state index contributed by atoms with van der Waals surface area (Å²) in [5, 5.41) is 10.3. The Labute approximate surface area is 181 Å². The van der Waals surface area contributed by atoms with Gasteiger partial charge < -0.3 is 16.0 Å². The topological polar surface area (TPSA) is 82.6 Å². The van der Waals surface area contributed by atoms with E-state index in [1.54, 1.807) is 0 Å². The first-order valence-corrected chi connectivity index (χ1v) is 12.2. The lowest BCUT2D eigenvalue weighted by atomic mass is 9.95. The number of halogens is 1. The van der Waals surface area contributed by atoms with Crippen molar-refractivity contribution >= 4 is 40.0 Å². The first-order chi connectivity index (χ1) is 13.9. The third kappa shape index (κ3) is 7.97. The standard InChI is InChI=1S/C21H33ClN4O2S/c1-4-23-21(25-16-7-6-8-17(14-16)29(28)5-2)24-12-11-20(27)26-19-10-9-15(3)13-18(19)22/h9-10,13,16-17H,4-8,11-12,14H2,1-3H3,(H,26,27)(H2,23,24,25). The van der Waals surface area contributed by atoms with E-state index in [-0.39, 0.29) is 23.6 Å². The molecule has 0 radical (unpaired) electrons. The fourth-order valence-corrected chi connectivity index (χ4v) is 5.10. The van der Waals surface area contributed by atoms with Crippen LogP contribution in [-0.2, 0) is 15.6 Å². The number of hydrogen-bond donors (Lipinski definition) is 3. The molecular formula is C21H33ClN4O2S. The van der Waals surface area contributed by atoms with E-state index in [0.717, 1.165) is 37.8 Å². The average molecular weight is 441 g/mol. The molecule has 1 aliphatic carbocycles. The predicted octanol–water partition coefficient (Wildman–Crippen LogP) is 3.61. The summed E-state index contributed by atoms with van der Waals surface area (Å²) in [6, 6.07) is 5.81. The van der Waals surface area contributed by atoms with Gasteiger partial charge in [0.05, 0.1) is 17.3 Å². The Morgan fingerprint density at radius 3 is 2.79 bits per heavy atom. The maximum atomic E-state index is 12.2. The Kier molecular flexibility index (Phi) is 9.94. The van der Waals surface area contributed by atoms with Crippen molar-refractivity contribution in [3.8, 4) is 0 Å². The van der Waals surface area contributed by atoms with Gasteiger partial charge in [0.25, 0.3) is 0 Å². The van der Waals surface area contributed by atoms with Crippen LogP contribution in [0.5, 0.6) is 0 Å². The second kappa shape index (κ2) is 12.2. The summed E-state index contributed by atoms with van der Waals surface area (Å²) >= 11 is 6.17. The van der Waals surface area contributed by atoms with Crippen molar-refractivity contribution in [1.82, 2.24) is 10.6 Å². The zero-order chi connectivity index (χ0) is 21.2. The van der Waals surface area contributed by atoms with Crippen LogP contribution in [-0.4, -0.2) is 46.2 Å². The van der Waals surface area contributed by atoms with Crippen molar-refractivity contribution in [2.75, 3.05) is 24.2 Å². The third-order valence-electron chi connectivity index (χ3n) is 4.97. The lowest BCUT2D eigenvalue weighted by molar-refractivity contribution is -0.116. The van der Waals surface area contributed by atoms with E-state index in [0.29, 0.717) is 29.0 Å². The van der Waals surface area contributed by atoms with Gasteiger partial charge in [0.2, 0.25) is 5.91 Å². The van der Waals surface area contributed by atoms with E-state index in [2.05, 4.69) is 20.9 Å². The molecule has 1 fully saturated rings. The van der Waals surface area contributed by atoms with E-state index < -0.39 is 10.8 Å². The van der Waals surface area contributed by atoms with Gasteiger partial charge in [-0.1, -0.05) is 31.0 Å². The van der Waals surface area contributed by atoms with Gasteiger partial charge in [-0.15, -0.1) is 0 Å². The highest BCUT2D eigenvalue weighted by Crippen LogP contribution is 2.23. The molecule has 3 unspecified atom stereocenters. The van der Waals surface area contributed by atoms with Crippen LogP contribution in [0.3, 0.4) is 0 Å². The van der Waals surface area contributed by atoms with E-state index in [1.165, 1.54) is 0 Å². The molecule has 1 amide bonds. The molecular weight excluding hydrogens is 408 g/mol. The maximum Gasteiger partial charge on any atom is 0.226 e. The van der Waals surface area contributed by atoms with Crippen molar-refractivity contribution in [3.05, 3.63) is 28.8 Å². The molecule has 0 aromatic heterocycles. The minimum atomic E-state index is -0.751. The molecule has 1 saturated carbocycles. The summed E-state index contributed by atoms with van der Waals surface area (Å²) in [5.41, 5.74) is 1.67. The smallest absolute Gasteiger partial charge is 0.226 e. The second-order valence-electron chi connectivity index (χ2n) is 7.34. The van der Waals surface area contributed by atoms with Crippen LogP contribution in [0.4, 0.5) is 5.69 Å². The Hall–Kier alpha value is -1.60. The molecule has 2 rings (SSSR count). The first kappa shape index (κ1) is 23.7. The molecule has 162 valence electrons. The Bertz CT molecular complexity index is 741. The second-order valence-corrected chi connectivity index (χ2v) is 9.75. The minimum Gasteiger partial charge on any atom is -0.357 e. The zero-order valence-electron chi connectivity index (χ0n) is 17.6. The van der Waals surface area contributed by atoms with Crippen LogP contribution in [0.15, 0.2) is 23.2 Å². The van der Waals surface area contributed by atoms with Gasteiger partial charge in [-0.2, -0.15) is 0 Å². The molecule has 1 aliphatic rings. The number of carbonyl (C=O) groups is 1. The number of nitrogens with one attached hydrogen (secondary N) is 3. The Morgan fingerprint density at radius 2 is 2.10 bits per heavy atom. The highest BCUT2D eigenvalue weighted by atomic mass is 35.5. The number of aliphatic imine (C=N–C) groups is 1. The van der Waals surface area contributed by atoms with Crippen LogP contribution in [0.1, 0.15) is 51.5 Å². The van der Waals surface area contributed by atoms with Crippen molar-refractivity contribution in [1.29, 1.82) is 0 Å². The number of aryl methyl sites for hydroxylation is 1. The van der Waals surface area contributed by atoms with Crippen molar-refractivity contribution in [3.63, 3.8) is 0 Å². The highest BCUT2D eigenvalue weighted by molar-refractivity contribution is 7.85. The van der Waals surface area contributed by atoms with Crippen LogP contribution >= 0.6 is 11.6 Å². The summed E-state index contributed by atoms with van der Waals surface area (Å²) in [5.74, 6) is 1.30. The summed E-state index contributed by atoms with van der Waals surface area (Å²) in [7, 11) is -0.751. The average Bonchev–Trinajstić information content (AvgIpc) is 2.70. The Balaban J connectivity index is 1.86. The summed E-state index contributed by atoms with van der Waals surface area (Å²) in [6.07, 6.45) is 4.33. The fourth-order valence-electron chi connectivity index (χ4n) is 3.47. The summed E-state index contributed by atoms with van der Waals surface area (Å²) in [6.45, 7) is 7.07. The minimum absolute atomic E-state index is 0.119. The molecule has 8 heteroatoms. The van der Waals surface area contributed by atoms with Crippen LogP contribution in [0.25, 0.3) is 0 Å². The number of amides is 1. The van der Waals surface area contributed by atoms with Crippen LogP contribution in [0.2, 0.25) is 5.02 Å². The number of nitrogens with zero attached hydrogens (tertiary/aromatic N) is 1. The van der Waals surface area contributed by atoms with Crippen molar-refractivity contribution < 1.29 is 9.00 Å². The van der Waals surface area contributed by atoms with Crippen molar-refractivity contribution in [2.45, 2.75) is 64.2 Å². The molecule has 0 saturated heterocycles. The summed E-state index contributed by atoms with van der Waals surface area (Å²) < 4.78 is 12.1. The van der Waals surface area contributed by atoms with Gasteiger partial charge in [-0.05, 0) is 50.8 Å².